The van der Waals surface area contributed by atoms with Gasteiger partial charge in [0.1, 0.15) is 11.2 Å². The van der Waals surface area contributed by atoms with Crippen molar-refractivity contribution >= 4 is 43.7 Å². The Hall–Kier alpha value is -8.41. The van der Waals surface area contributed by atoms with Gasteiger partial charge in [0.15, 0.2) is 17.5 Å². The second-order valence-electron chi connectivity index (χ2n) is 15.6. The van der Waals surface area contributed by atoms with Crippen molar-refractivity contribution in [3.63, 3.8) is 0 Å². The average molecular weight is 793 g/mol. The lowest BCUT2D eigenvalue weighted by Gasteiger charge is -2.14. The van der Waals surface area contributed by atoms with Gasteiger partial charge in [-0.2, -0.15) is 0 Å². The van der Waals surface area contributed by atoms with Crippen LogP contribution in [0.25, 0.3) is 117 Å². The lowest BCUT2D eigenvalue weighted by molar-refractivity contribution is 0.669. The third kappa shape index (κ3) is 6.14. The van der Waals surface area contributed by atoms with E-state index in [2.05, 4.69) is 180 Å². The molecular weight excluding hydrogens is 757 g/mol. The molecule has 0 saturated heterocycles. The summed E-state index contributed by atoms with van der Waals surface area (Å²) in [4.78, 5) is 15.5. The summed E-state index contributed by atoms with van der Waals surface area (Å²) in [6.45, 7) is 0. The fourth-order valence-electron chi connectivity index (χ4n) is 8.88. The van der Waals surface area contributed by atoms with Crippen LogP contribution in [0.15, 0.2) is 223 Å². The van der Waals surface area contributed by atoms with Gasteiger partial charge in [0, 0.05) is 50.0 Å². The van der Waals surface area contributed by atoms with Gasteiger partial charge in [-0.15, -0.1) is 0 Å². The van der Waals surface area contributed by atoms with E-state index < -0.39 is 0 Å². The topological polar surface area (TPSA) is 56.7 Å². The van der Waals surface area contributed by atoms with Gasteiger partial charge in [0.25, 0.3) is 0 Å². The number of hydrogen-bond acceptors (Lipinski definition) is 4. The summed E-state index contributed by atoms with van der Waals surface area (Å²) in [6, 6.07) is 76.3. The first kappa shape index (κ1) is 35.5. The van der Waals surface area contributed by atoms with Crippen LogP contribution in [0.3, 0.4) is 0 Å². The Kier molecular flexibility index (Phi) is 8.42. The minimum Gasteiger partial charge on any atom is -0.456 e. The molecule has 62 heavy (non-hydrogen) atoms. The molecule has 0 fully saturated rings. The van der Waals surface area contributed by atoms with Gasteiger partial charge in [0.05, 0.1) is 11.0 Å². The van der Waals surface area contributed by atoms with Crippen LogP contribution in [0, 0.1) is 0 Å². The van der Waals surface area contributed by atoms with Crippen molar-refractivity contribution < 1.29 is 4.42 Å². The normalized spacial score (nSPS) is 11.5. The molecule has 12 aromatic rings. The first-order valence-electron chi connectivity index (χ1n) is 20.8. The molecule has 5 heteroatoms. The first-order chi connectivity index (χ1) is 30.7. The molecule has 0 aliphatic heterocycles. The van der Waals surface area contributed by atoms with Gasteiger partial charge in [-0.25, -0.2) is 15.0 Å². The molecule has 0 spiro atoms. The summed E-state index contributed by atoms with van der Waals surface area (Å²) in [5.41, 5.74) is 14.4. The SMILES string of the molecule is c1ccc(-c2ccc(-c3nc(-c4ccccc4)nc(-c4cccc(-c5cccc(-n6c7ccccc7c7cc8c(cc76)oc6ccccc68)c5)c4)n3)c(-c3ccccc3)c2)cc1. The van der Waals surface area contributed by atoms with Gasteiger partial charge in [-0.05, 0) is 81.9 Å². The molecule has 290 valence electrons. The average Bonchev–Trinajstić information content (AvgIpc) is 3.88. The molecule has 0 bridgehead atoms. The summed E-state index contributed by atoms with van der Waals surface area (Å²) in [6.07, 6.45) is 0. The van der Waals surface area contributed by atoms with Gasteiger partial charge in [-0.1, -0.05) is 164 Å². The zero-order valence-electron chi connectivity index (χ0n) is 33.5. The molecule has 0 saturated carbocycles. The van der Waals surface area contributed by atoms with Crippen LogP contribution < -0.4 is 0 Å². The minimum absolute atomic E-state index is 0.607. The van der Waals surface area contributed by atoms with E-state index in [4.69, 9.17) is 19.4 Å². The fraction of sp³-hybridized carbons (Fsp3) is 0. The molecule has 0 amide bonds. The summed E-state index contributed by atoms with van der Waals surface area (Å²) in [5, 5.41) is 4.64. The van der Waals surface area contributed by atoms with Crippen molar-refractivity contribution in [3.05, 3.63) is 218 Å². The summed E-state index contributed by atoms with van der Waals surface area (Å²) >= 11 is 0. The van der Waals surface area contributed by atoms with Crippen molar-refractivity contribution in [2.75, 3.05) is 0 Å². The third-order valence-electron chi connectivity index (χ3n) is 11.8. The Morgan fingerprint density at radius 2 is 0.871 bits per heavy atom. The smallest absolute Gasteiger partial charge is 0.164 e. The van der Waals surface area contributed by atoms with E-state index in [0.717, 1.165) is 88.7 Å². The van der Waals surface area contributed by atoms with E-state index in [1.807, 2.05) is 42.5 Å². The predicted octanol–water partition coefficient (Wildman–Crippen LogP) is 14.9. The van der Waals surface area contributed by atoms with Crippen LogP contribution in [0.4, 0.5) is 0 Å². The van der Waals surface area contributed by atoms with E-state index in [-0.39, 0.29) is 0 Å². The minimum atomic E-state index is 0.607. The zero-order valence-corrected chi connectivity index (χ0v) is 33.5. The summed E-state index contributed by atoms with van der Waals surface area (Å²) in [7, 11) is 0. The lowest BCUT2D eigenvalue weighted by atomic mass is 9.94. The molecule has 0 N–H and O–H groups in total. The molecule has 12 rings (SSSR count). The number of fused-ring (bicyclic) bond motifs is 6. The highest BCUT2D eigenvalue weighted by Crippen LogP contribution is 2.40. The summed E-state index contributed by atoms with van der Waals surface area (Å²) in [5.74, 6) is 1.84. The van der Waals surface area contributed by atoms with Crippen molar-refractivity contribution in [2.24, 2.45) is 0 Å². The molecule has 5 nitrogen and oxygen atoms in total. The lowest BCUT2D eigenvalue weighted by Crippen LogP contribution is -2.01. The Morgan fingerprint density at radius 3 is 1.66 bits per heavy atom. The molecule has 3 aromatic heterocycles. The van der Waals surface area contributed by atoms with Crippen molar-refractivity contribution in [3.8, 4) is 73.2 Å². The molecule has 0 unspecified atom stereocenters. The van der Waals surface area contributed by atoms with E-state index >= 15 is 0 Å². The van der Waals surface area contributed by atoms with Crippen LogP contribution in [-0.4, -0.2) is 19.5 Å². The second-order valence-corrected chi connectivity index (χ2v) is 15.6. The molecule has 0 radical (unpaired) electrons. The summed E-state index contributed by atoms with van der Waals surface area (Å²) < 4.78 is 8.74. The standard InChI is InChI=1S/C57H36N4O/c1-4-16-37(17-5-1)42-30-31-47(48(34-42)38-18-6-2-7-19-38)57-59-55(39-20-8-3-9-21-39)58-56(60-57)43-24-14-22-40(32-43)41-23-15-25-44(33-41)61-51-28-12-10-26-45(51)49-35-50-46-27-11-13-29-53(46)62-54(50)36-52(49)61/h1-36H. The van der Waals surface area contributed by atoms with E-state index in [1.54, 1.807) is 0 Å². The van der Waals surface area contributed by atoms with Crippen molar-refractivity contribution in [1.29, 1.82) is 0 Å². The van der Waals surface area contributed by atoms with Crippen LogP contribution >= 0.6 is 0 Å². The molecule has 3 heterocycles. The van der Waals surface area contributed by atoms with Gasteiger partial charge >= 0.3 is 0 Å². The molecule has 0 atom stereocenters. The number of benzene rings is 9. The zero-order chi connectivity index (χ0) is 41.0. The quantitative estimate of drug-likeness (QED) is 0.161. The highest BCUT2D eigenvalue weighted by Gasteiger charge is 2.19. The van der Waals surface area contributed by atoms with Crippen LogP contribution in [0.2, 0.25) is 0 Å². The Labute approximate surface area is 357 Å². The largest absolute Gasteiger partial charge is 0.456 e. The number of para-hydroxylation sites is 2. The first-order valence-corrected chi connectivity index (χ1v) is 20.8. The second kappa shape index (κ2) is 14.7. The van der Waals surface area contributed by atoms with E-state index in [0.29, 0.717) is 17.5 Å². The Balaban J connectivity index is 0.993. The van der Waals surface area contributed by atoms with Crippen molar-refractivity contribution in [2.45, 2.75) is 0 Å². The number of aromatic nitrogens is 4. The highest BCUT2D eigenvalue weighted by molar-refractivity contribution is 6.17. The van der Waals surface area contributed by atoms with E-state index in [9.17, 15) is 0 Å². The number of hydrogen-bond donors (Lipinski definition) is 0. The Bertz CT molecular complexity index is 3630. The molecule has 0 aliphatic carbocycles. The molecule has 0 aliphatic rings. The Morgan fingerprint density at radius 1 is 0.290 bits per heavy atom. The van der Waals surface area contributed by atoms with E-state index in [1.165, 1.54) is 10.8 Å². The predicted molar refractivity (Wildman–Crippen MR) is 254 cm³/mol. The third-order valence-corrected chi connectivity index (χ3v) is 11.8. The number of rotatable bonds is 7. The van der Waals surface area contributed by atoms with Crippen molar-refractivity contribution in [1.82, 2.24) is 19.5 Å². The maximum Gasteiger partial charge on any atom is 0.164 e. The maximum absolute atomic E-state index is 6.39. The van der Waals surface area contributed by atoms with Crippen LogP contribution in [-0.2, 0) is 0 Å². The number of nitrogens with zero attached hydrogens (tertiary/aromatic N) is 4. The fourth-order valence-corrected chi connectivity index (χ4v) is 8.88. The van der Waals surface area contributed by atoms with Gasteiger partial charge in [-0.3, -0.25) is 0 Å². The maximum atomic E-state index is 6.39. The van der Waals surface area contributed by atoms with Crippen LogP contribution in [0.1, 0.15) is 0 Å². The molecular formula is C57H36N4O. The molecule has 9 aromatic carbocycles. The highest BCUT2D eigenvalue weighted by atomic mass is 16.3. The number of furan rings is 1. The van der Waals surface area contributed by atoms with Crippen LogP contribution in [0.5, 0.6) is 0 Å². The van der Waals surface area contributed by atoms with Gasteiger partial charge in [0.2, 0.25) is 0 Å². The monoisotopic (exact) mass is 792 g/mol. The van der Waals surface area contributed by atoms with Gasteiger partial charge < -0.3 is 8.98 Å².